The number of carbonyl (C=O) groups excluding carboxylic acids is 1. The van der Waals surface area contributed by atoms with E-state index in [0.717, 1.165) is 5.82 Å². The maximum Gasteiger partial charge on any atom is 0.255 e. The van der Waals surface area contributed by atoms with Gasteiger partial charge in [0.05, 0.1) is 23.4 Å². The van der Waals surface area contributed by atoms with E-state index in [1.54, 1.807) is 20.2 Å². The van der Waals surface area contributed by atoms with Crippen LogP contribution in [0.2, 0.25) is 0 Å². The van der Waals surface area contributed by atoms with E-state index >= 15 is 0 Å². The fourth-order valence-electron chi connectivity index (χ4n) is 2.93. The first-order valence-corrected chi connectivity index (χ1v) is 8.35. The number of nitrogens with one attached hydrogen (secondary N) is 1. The standard InChI is InChI=1S/C17H23N7O2/c1-11-12(7-18-10-20-11)16(25)21-13-8-24(9-14(13)26-4)15-5-6-19-17(22-15)23(2)3/h5-7,10,13-14H,8-9H2,1-4H3,(H,21,25)/t13-,14+/m0/s1. The zero-order valence-corrected chi connectivity index (χ0v) is 15.4. The van der Waals surface area contributed by atoms with E-state index in [2.05, 4.69) is 30.2 Å². The predicted octanol–water partition coefficient (Wildman–Crippen LogP) is 0.275. The molecule has 0 spiro atoms. The topological polar surface area (TPSA) is 96.4 Å². The molecule has 1 saturated heterocycles. The Morgan fingerprint density at radius 2 is 2.15 bits per heavy atom. The van der Waals surface area contributed by atoms with Crippen LogP contribution < -0.4 is 15.1 Å². The number of hydrogen-bond donors (Lipinski definition) is 1. The van der Waals surface area contributed by atoms with E-state index in [1.165, 1.54) is 12.5 Å². The molecule has 3 heterocycles. The first-order valence-electron chi connectivity index (χ1n) is 8.35. The highest BCUT2D eigenvalue weighted by atomic mass is 16.5. The Hall–Kier alpha value is -2.81. The van der Waals surface area contributed by atoms with Gasteiger partial charge in [-0.05, 0) is 13.0 Å². The molecule has 3 rings (SSSR count). The summed E-state index contributed by atoms with van der Waals surface area (Å²) in [5.74, 6) is 1.25. The molecule has 9 nitrogen and oxygen atoms in total. The Kier molecular flexibility index (Phi) is 5.27. The number of aromatic nitrogens is 4. The highest BCUT2D eigenvalue weighted by Crippen LogP contribution is 2.21. The summed E-state index contributed by atoms with van der Waals surface area (Å²) < 4.78 is 5.58. The maximum absolute atomic E-state index is 12.6. The normalized spacial score (nSPS) is 19.5. The van der Waals surface area contributed by atoms with Gasteiger partial charge in [-0.25, -0.2) is 15.0 Å². The van der Waals surface area contributed by atoms with Crippen molar-refractivity contribution in [1.29, 1.82) is 0 Å². The monoisotopic (exact) mass is 357 g/mol. The molecular formula is C17H23N7O2. The lowest BCUT2D eigenvalue weighted by Crippen LogP contribution is -2.43. The first-order chi connectivity index (χ1) is 12.5. The highest BCUT2D eigenvalue weighted by Gasteiger charge is 2.35. The van der Waals surface area contributed by atoms with E-state index in [-0.39, 0.29) is 18.1 Å². The van der Waals surface area contributed by atoms with Gasteiger partial charge in [0.25, 0.3) is 5.91 Å². The van der Waals surface area contributed by atoms with Gasteiger partial charge in [-0.1, -0.05) is 0 Å². The second-order valence-corrected chi connectivity index (χ2v) is 6.39. The van der Waals surface area contributed by atoms with Gasteiger partial charge in [0, 0.05) is 46.7 Å². The number of aryl methyl sites for hydroxylation is 1. The van der Waals surface area contributed by atoms with Crippen LogP contribution in [-0.4, -0.2) is 72.3 Å². The van der Waals surface area contributed by atoms with Gasteiger partial charge in [-0.15, -0.1) is 0 Å². The lowest BCUT2D eigenvalue weighted by Gasteiger charge is -2.19. The molecule has 1 aliphatic heterocycles. The summed E-state index contributed by atoms with van der Waals surface area (Å²) in [6.45, 7) is 3.02. The van der Waals surface area contributed by atoms with Crippen molar-refractivity contribution in [3.05, 3.63) is 36.0 Å². The molecule has 0 radical (unpaired) electrons. The zero-order valence-electron chi connectivity index (χ0n) is 15.4. The SMILES string of the molecule is CO[C@@H]1CN(c2ccnc(N(C)C)n2)C[C@@H]1NC(=O)c1cncnc1C. The van der Waals surface area contributed by atoms with Crippen molar-refractivity contribution in [1.82, 2.24) is 25.3 Å². The number of methoxy groups -OCH3 is 1. The summed E-state index contributed by atoms with van der Waals surface area (Å²) in [6, 6.07) is 1.70. The Morgan fingerprint density at radius 1 is 1.35 bits per heavy atom. The smallest absolute Gasteiger partial charge is 0.255 e. The first kappa shape index (κ1) is 18.0. The highest BCUT2D eigenvalue weighted by molar-refractivity contribution is 5.95. The number of ether oxygens (including phenoxy) is 1. The van der Waals surface area contributed by atoms with E-state index in [4.69, 9.17) is 4.74 Å². The Labute approximate surface area is 152 Å². The van der Waals surface area contributed by atoms with Crippen molar-refractivity contribution in [2.45, 2.75) is 19.1 Å². The van der Waals surface area contributed by atoms with Crippen molar-refractivity contribution < 1.29 is 9.53 Å². The molecule has 1 amide bonds. The number of hydrogen-bond acceptors (Lipinski definition) is 8. The molecular weight excluding hydrogens is 334 g/mol. The fourth-order valence-corrected chi connectivity index (χ4v) is 2.93. The summed E-state index contributed by atoms with van der Waals surface area (Å²) in [4.78, 5) is 33.3. The molecule has 9 heteroatoms. The van der Waals surface area contributed by atoms with Crippen molar-refractivity contribution in [3.8, 4) is 0 Å². The summed E-state index contributed by atoms with van der Waals surface area (Å²) in [7, 11) is 5.44. The minimum atomic E-state index is -0.200. The number of anilines is 2. The third-order valence-corrected chi connectivity index (χ3v) is 4.39. The largest absolute Gasteiger partial charge is 0.377 e. The number of amides is 1. The van der Waals surface area contributed by atoms with Gasteiger partial charge < -0.3 is 19.9 Å². The summed E-state index contributed by atoms with van der Waals surface area (Å²) >= 11 is 0. The van der Waals surface area contributed by atoms with Crippen LogP contribution >= 0.6 is 0 Å². The Balaban J connectivity index is 1.74. The predicted molar refractivity (Wildman–Crippen MR) is 97.4 cm³/mol. The quantitative estimate of drug-likeness (QED) is 0.815. The molecule has 1 fully saturated rings. The summed E-state index contributed by atoms with van der Waals surface area (Å²) in [5, 5.41) is 3.03. The van der Waals surface area contributed by atoms with Gasteiger partial charge in [0.15, 0.2) is 0 Å². The molecule has 2 aromatic heterocycles. The molecule has 0 aromatic carbocycles. The van der Waals surface area contributed by atoms with Crippen LogP contribution in [0.25, 0.3) is 0 Å². The Morgan fingerprint density at radius 3 is 2.85 bits per heavy atom. The van der Waals surface area contributed by atoms with Crippen molar-refractivity contribution in [3.63, 3.8) is 0 Å². The molecule has 1 aliphatic rings. The van der Waals surface area contributed by atoms with E-state index in [9.17, 15) is 4.79 Å². The third kappa shape index (κ3) is 3.72. The molecule has 2 atom stereocenters. The molecule has 0 aliphatic carbocycles. The average molecular weight is 357 g/mol. The second kappa shape index (κ2) is 7.61. The van der Waals surface area contributed by atoms with Crippen LogP contribution in [-0.2, 0) is 4.74 Å². The van der Waals surface area contributed by atoms with Gasteiger partial charge in [0.2, 0.25) is 5.95 Å². The molecule has 0 saturated carbocycles. The number of carbonyl (C=O) groups is 1. The molecule has 1 N–H and O–H groups in total. The molecule has 0 bridgehead atoms. The van der Waals surface area contributed by atoms with Crippen LogP contribution in [0.15, 0.2) is 24.8 Å². The summed E-state index contributed by atoms with van der Waals surface area (Å²) in [6.07, 6.45) is 4.55. The van der Waals surface area contributed by atoms with Crippen LogP contribution in [0.5, 0.6) is 0 Å². The van der Waals surface area contributed by atoms with Gasteiger partial charge in [0.1, 0.15) is 12.1 Å². The van der Waals surface area contributed by atoms with Crippen LogP contribution in [0.1, 0.15) is 16.1 Å². The van der Waals surface area contributed by atoms with Gasteiger partial charge in [-0.2, -0.15) is 4.98 Å². The van der Waals surface area contributed by atoms with Crippen molar-refractivity contribution in [2.75, 3.05) is 44.1 Å². The van der Waals surface area contributed by atoms with Crippen LogP contribution in [0.3, 0.4) is 0 Å². The minimum Gasteiger partial charge on any atom is -0.377 e. The summed E-state index contributed by atoms with van der Waals surface area (Å²) in [5.41, 5.74) is 1.12. The van der Waals surface area contributed by atoms with Gasteiger partial charge in [-0.3, -0.25) is 4.79 Å². The Bertz CT molecular complexity index is 783. The molecule has 26 heavy (non-hydrogen) atoms. The maximum atomic E-state index is 12.6. The number of nitrogens with zero attached hydrogens (tertiary/aromatic N) is 6. The molecule has 2 aromatic rings. The fraction of sp³-hybridized carbons (Fsp3) is 0.471. The van der Waals surface area contributed by atoms with E-state index in [1.807, 2.05) is 25.1 Å². The molecule has 138 valence electrons. The lowest BCUT2D eigenvalue weighted by atomic mass is 10.1. The average Bonchev–Trinajstić information content (AvgIpc) is 3.05. The van der Waals surface area contributed by atoms with Gasteiger partial charge >= 0.3 is 0 Å². The number of rotatable bonds is 5. The lowest BCUT2D eigenvalue weighted by molar-refractivity contribution is 0.0781. The second-order valence-electron chi connectivity index (χ2n) is 6.39. The van der Waals surface area contributed by atoms with Crippen molar-refractivity contribution >= 4 is 17.7 Å². The van der Waals surface area contributed by atoms with Crippen LogP contribution in [0.4, 0.5) is 11.8 Å². The third-order valence-electron chi connectivity index (χ3n) is 4.39. The van der Waals surface area contributed by atoms with E-state index in [0.29, 0.717) is 30.3 Å². The van der Waals surface area contributed by atoms with Crippen molar-refractivity contribution in [2.24, 2.45) is 0 Å². The van der Waals surface area contributed by atoms with Crippen LogP contribution in [0, 0.1) is 6.92 Å². The van der Waals surface area contributed by atoms with E-state index < -0.39 is 0 Å². The zero-order chi connectivity index (χ0) is 18.7. The minimum absolute atomic E-state index is 0.137. The molecule has 0 unspecified atom stereocenters.